The van der Waals surface area contributed by atoms with Crippen LogP contribution in [0.25, 0.3) is 6.08 Å². The highest BCUT2D eigenvalue weighted by molar-refractivity contribution is 6.10. The van der Waals surface area contributed by atoms with Crippen molar-refractivity contribution in [2.45, 2.75) is 6.42 Å². The number of carbonyl (C=O) groups is 3. The van der Waals surface area contributed by atoms with Crippen molar-refractivity contribution in [3.05, 3.63) is 54.1 Å². The number of nitrogens with one attached hydrogen (secondary N) is 1. The smallest absolute Gasteiger partial charge is 0.331 e. The summed E-state index contributed by atoms with van der Waals surface area (Å²) in [4.78, 5) is 37.7. The van der Waals surface area contributed by atoms with Gasteiger partial charge in [-0.1, -0.05) is 18.2 Å². The number of para-hydroxylation sites is 2. The van der Waals surface area contributed by atoms with E-state index in [4.69, 9.17) is 14.2 Å². The number of benzene rings is 2. The van der Waals surface area contributed by atoms with Crippen LogP contribution in [0.15, 0.2) is 48.5 Å². The van der Waals surface area contributed by atoms with E-state index in [9.17, 15) is 14.4 Å². The lowest BCUT2D eigenvalue weighted by atomic mass is 10.2. The number of rotatable bonds is 4. The Morgan fingerprint density at radius 3 is 2.77 bits per heavy atom. The van der Waals surface area contributed by atoms with Crippen molar-refractivity contribution in [1.29, 1.82) is 0 Å². The maximum atomic E-state index is 12.5. The molecule has 2 amide bonds. The van der Waals surface area contributed by atoms with Crippen LogP contribution >= 0.6 is 0 Å². The summed E-state index contributed by atoms with van der Waals surface area (Å²) in [6, 6.07) is 12.3. The summed E-state index contributed by atoms with van der Waals surface area (Å²) < 4.78 is 16.3. The second-order valence-corrected chi connectivity index (χ2v) is 6.74. The van der Waals surface area contributed by atoms with Gasteiger partial charge in [0.25, 0.3) is 5.91 Å². The van der Waals surface area contributed by atoms with Crippen LogP contribution in [0.1, 0.15) is 12.0 Å². The normalized spacial score (nSPS) is 15.2. The van der Waals surface area contributed by atoms with Crippen LogP contribution in [0, 0.1) is 0 Å². The largest absolute Gasteiger partial charge is 0.490 e. The lowest BCUT2D eigenvalue weighted by molar-refractivity contribution is -0.143. The van der Waals surface area contributed by atoms with E-state index in [0.717, 1.165) is 12.0 Å². The molecule has 1 N–H and O–H groups in total. The maximum Gasteiger partial charge on any atom is 0.331 e. The van der Waals surface area contributed by atoms with Gasteiger partial charge < -0.3 is 19.5 Å². The molecule has 2 aliphatic rings. The third kappa shape index (κ3) is 4.43. The molecule has 0 unspecified atom stereocenters. The first-order valence-electron chi connectivity index (χ1n) is 9.54. The molecule has 2 aliphatic heterocycles. The second-order valence-electron chi connectivity index (χ2n) is 6.74. The monoisotopic (exact) mass is 408 g/mol. The Kier molecular flexibility index (Phi) is 5.65. The Labute approximate surface area is 173 Å². The number of esters is 1. The van der Waals surface area contributed by atoms with Gasteiger partial charge in [-0.3, -0.25) is 14.5 Å². The molecule has 0 saturated carbocycles. The van der Waals surface area contributed by atoms with Crippen molar-refractivity contribution < 1.29 is 28.6 Å². The lowest BCUT2D eigenvalue weighted by Crippen LogP contribution is -2.43. The molecular formula is C22H20N2O6. The SMILES string of the molecule is O=C1CN(C(=O)COC(=O)/C=C/c2ccc3c(c2)OCCCO3)c2ccccc2N1. The summed E-state index contributed by atoms with van der Waals surface area (Å²) in [6.45, 7) is 0.583. The molecule has 154 valence electrons. The Bertz CT molecular complexity index is 1020. The molecule has 2 aromatic rings. The molecule has 0 spiro atoms. The van der Waals surface area contributed by atoms with Crippen LogP contribution in [0.2, 0.25) is 0 Å². The van der Waals surface area contributed by atoms with Gasteiger partial charge in [0.15, 0.2) is 18.1 Å². The van der Waals surface area contributed by atoms with Crippen LogP contribution in [-0.2, 0) is 19.1 Å². The predicted octanol–water partition coefficient (Wildman–Crippen LogP) is 2.39. The van der Waals surface area contributed by atoms with Gasteiger partial charge in [0.05, 0.1) is 24.6 Å². The van der Waals surface area contributed by atoms with Gasteiger partial charge in [0, 0.05) is 12.5 Å². The fraction of sp³-hybridized carbons (Fsp3) is 0.227. The Hall–Kier alpha value is -3.81. The van der Waals surface area contributed by atoms with E-state index in [1.807, 2.05) is 0 Å². The highest BCUT2D eigenvalue weighted by Crippen LogP contribution is 2.31. The summed E-state index contributed by atoms with van der Waals surface area (Å²) in [5, 5.41) is 2.70. The summed E-state index contributed by atoms with van der Waals surface area (Å²) in [6.07, 6.45) is 3.62. The molecule has 0 fully saturated rings. The lowest BCUT2D eigenvalue weighted by Gasteiger charge is -2.28. The summed E-state index contributed by atoms with van der Waals surface area (Å²) in [5.74, 6) is -0.147. The van der Waals surface area contributed by atoms with Gasteiger partial charge in [-0.2, -0.15) is 0 Å². The van der Waals surface area contributed by atoms with Crippen LogP contribution in [0.5, 0.6) is 11.5 Å². The summed E-state index contributed by atoms with van der Waals surface area (Å²) in [7, 11) is 0. The number of anilines is 2. The van der Waals surface area contributed by atoms with Crippen molar-refractivity contribution in [1.82, 2.24) is 0 Å². The Morgan fingerprint density at radius 1 is 1.10 bits per heavy atom. The number of amides is 2. The topological polar surface area (TPSA) is 94.2 Å². The number of fused-ring (bicyclic) bond motifs is 2. The molecule has 8 nitrogen and oxygen atoms in total. The third-order valence-electron chi connectivity index (χ3n) is 4.59. The van der Waals surface area contributed by atoms with Crippen molar-refractivity contribution in [2.75, 3.05) is 36.6 Å². The molecule has 4 rings (SSSR count). The first kappa shape index (κ1) is 19.5. The van der Waals surface area contributed by atoms with Gasteiger partial charge >= 0.3 is 5.97 Å². The highest BCUT2D eigenvalue weighted by Gasteiger charge is 2.27. The van der Waals surface area contributed by atoms with Crippen molar-refractivity contribution in [3.8, 4) is 11.5 Å². The zero-order valence-corrected chi connectivity index (χ0v) is 16.1. The second kappa shape index (κ2) is 8.69. The van der Waals surface area contributed by atoms with E-state index in [0.29, 0.717) is 36.1 Å². The molecule has 0 radical (unpaired) electrons. The number of hydrogen-bond acceptors (Lipinski definition) is 6. The van der Waals surface area contributed by atoms with Crippen LogP contribution < -0.4 is 19.7 Å². The standard InChI is InChI=1S/C22H20N2O6/c25-20-13-24(17-5-2-1-4-16(17)23-20)21(26)14-30-22(27)9-7-15-6-8-18-19(12-15)29-11-3-10-28-18/h1-2,4-9,12H,3,10-11,13-14H2,(H,23,25)/b9-7+. The number of nitrogens with zero attached hydrogens (tertiary/aromatic N) is 1. The predicted molar refractivity (Wildman–Crippen MR) is 109 cm³/mol. The fourth-order valence-electron chi connectivity index (χ4n) is 3.16. The average Bonchev–Trinajstić information content (AvgIpc) is 3.00. The quantitative estimate of drug-likeness (QED) is 0.617. The van der Waals surface area contributed by atoms with Gasteiger partial charge in [0.2, 0.25) is 5.91 Å². The average molecular weight is 408 g/mol. The van der Waals surface area contributed by atoms with Gasteiger partial charge in [-0.15, -0.1) is 0 Å². The number of hydrogen-bond donors (Lipinski definition) is 1. The molecule has 2 aromatic carbocycles. The molecule has 0 saturated heterocycles. The van der Waals surface area contributed by atoms with E-state index in [1.165, 1.54) is 11.0 Å². The van der Waals surface area contributed by atoms with Crippen molar-refractivity contribution in [2.24, 2.45) is 0 Å². The van der Waals surface area contributed by atoms with Crippen LogP contribution in [-0.4, -0.2) is 44.1 Å². The van der Waals surface area contributed by atoms with Gasteiger partial charge in [0.1, 0.15) is 6.54 Å². The molecule has 30 heavy (non-hydrogen) atoms. The van der Waals surface area contributed by atoms with E-state index in [-0.39, 0.29) is 12.5 Å². The first-order chi connectivity index (χ1) is 14.6. The number of carbonyl (C=O) groups excluding carboxylic acids is 3. The molecule has 0 aromatic heterocycles. The summed E-state index contributed by atoms with van der Waals surface area (Å²) >= 11 is 0. The van der Waals surface area contributed by atoms with E-state index >= 15 is 0 Å². The summed E-state index contributed by atoms with van der Waals surface area (Å²) in [5.41, 5.74) is 1.85. The molecular weight excluding hydrogens is 388 g/mol. The first-order valence-corrected chi connectivity index (χ1v) is 9.54. The fourth-order valence-corrected chi connectivity index (χ4v) is 3.16. The van der Waals surface area contributed by atoms with Crippen molar-refractivity contribution >= 4 is 35.2 Å². The van der Waals surface area contributed by atoms with Gasteiger partial charge in [-0.25, -0.2) is 4.79 Å². The molecule has 0 atom stereocenters. The van der Waals surface area contributed by atoms with Crippen LogP contribution in [0.4, 0.5) is 11.4 Å². The van der Waals surface area contributed by atoms with Gasteiger partial charge in [-0.05, 0) is 35.9 Å². The molecule has 8 heteroatoms. The third-order valence-corrected chi connectivity index (χ3v) is 4.59. The number of ether oxygens (including phenoxy) is 3. The highest BCUT2D eigenvalue weighted by atomic mass is 16.5. The Balaban J connectivity index is 1.35. The Morgan fingerprint density at radius 2 is 1.90 bits per heavy atom. The minimum Gasteiger partial charge on any atom is -0.490 e. The zero-order valence-electron chi connectivity index (χ0n) is 16.1. The molecule has 0 bridgehead atoms. The maximum absolute atomic E-state index is 12.5. The van der Waals surface area contributed by atoms with E-state index in [2.05, 4.69) is 5.32 Å². The van der Waals surface area contributed by atoms with Crippen LogP contribution in [0.3, 0.4) is 0 Å². The van der Waals surface area contributed by atoms with Crippen molar-refractivity contribution in [3.63, 3.8) is 0 Å². The van der Waals surface area contributed by atoms with E-state index < -0.39 is 18.5 Å². The molecule has 2 heterocycles. The van der Waals surface area contributed by atoms with E-state index in [1.54, 1.807) is 48.5 Å². The minimum absolute atomic E-state index is 0.125. The zero-order chi connectivity index (χ0) is 20.9. The molecule has 0 aliphatic carbocycles. The minimum atomic E-state index is -0.662.